The Kier molecular flexibility index (Phi) is 6.11. The van der Waals surface area contributed by atoms with Crippen LogP contribution in [0, 0.1) is 13.8 Å². The molecule has 0 radical (unpaired) electrons. The number of benzene rings is 2. The monoisotopic (exact) mass is 432 g/mol. The average molecular weight is 433 g/mol. The molecule has 4 rings (SSSR count). The molecule has 2 aromatic carbocycles. The van der Waals surface area contributed by atoms with Gasteiger partial charge in [-0.15, -0.1) is 0 Å². The molecule has 1 aliphatic heterocycles. The maximum Gasteiger partial charge on any atom is 0.293 e. The van der Waals surface area contributed by atoms with Gasteiger partial charge in [0.15, 0.2) is 0 Å². The molecule has 0 aliphatic carbocycles. The summed E-state index contributed by atoms with van der Waals surface area (Å²) in [6.45, 7) is 4.67. The Bertz CT molecular complexity index is 1150. The maximum atomic E-state index is 12.6. The Hall–Kier alpha value is -3.09. The lowest BCUT2D eigenvalue weighted by molar-refractivity contribution is -0.123. The van der Waals surface area contributed by atoms with Crippen LogP contribution in [-0.2, 0) is 9.53 Å². The van der Waals surface area contributed by atoms with E-state index in [-0.39, 0.29) is 17.7 Å². The molecule has 1 aliphatic rings. The van der Waals surface area contributed by atoms with Gasteiger partial charge in [-0.2, -0.15) is 0 Å². The van der Waals surface area contributed by atoms with Crippen LogP contribution in [0.3, 0.4) is 0 Å². The van der Waals surface area contributed by atoms with Gasteiger partial charge in [-0.05, 0) is 66.6 Å². The van der Waals surface area contributed by atoms with Crippen LogP contribution in [0.1, 0.15) is 17.0 Å². The second kappa shape index (κ2) is 8.96. The summed E-state index contributed by atoms with van der Waals surface area (Å²) >= 11 is 0.980. The Morgan fingerprint density at radius 1 is 0.968 bits per heavy atom. The number of hydrogen-bond acceptors (Lipinski definition) is 4. The lowest BCUT2D eigenvalue weighted by atomic mass is 10.1. The van der Waals surface area contributed by atoms with Gasteiger partial charge >= 0.3 is 0 Å². The number of ether oxygens (including phenoxy) is 1. The van der Waals surface area contributed by atoms with E-state index in [0.717, 1.165) is 40.0 Å². The summed E-state index contributed by atoms with van der Waals surface area (Å²) in [5.41, 5.74) is 6.42. The topological polar surface area (TPSA) is 51.5 Å². The first-order chi connectivity index (χ1) is 15.0. The molecule has 0 spiro atoms. The molecule has 31 heavy (non-hydrogen) atoms. The minimum absolute atomic E-state index is 0.251. The SMILES string of the molecule is COCCN1C(=O)S/C(=C\c2cc(C)n(-c3ccc(-c4ccccc4)cc3)c2C)C1=O. The fourth-order valence-electron chi connectivity index (χ4n) is 3.78. The number of carbonyl (C=O) groups is 2. The minimum atomic E-state index is -0.260. The third-order valence-corrected chi connectivity index (χ3v) is 6.29. The first-order valence-electron chi connectivity index (χ1n) is 10.1. The van der Waals surface area contributed by atoms with Crippen LogP contribution in [0.2, 0.25) is 0 Å². The standard InChI is InChI=1S/C25H24N2O3S/c1-17-15-21(16-23-24(28)26(13-14-30-3)25(29)31-23)18(2)27(17)22-11-9-20(10-12-22)19-7-5-4-6-8-19/h4-12,15-16H,13-14H2,1-3H3/b23-16-. The van der Waals surface area contributed by atoms with Crippen molar-refractivity contribution < 1.29 is 14.3 Å². The first-order valence-corrected chi connectivity index (χ1v) is 10.9. The number of carbonyl (C=O) groups excluding carboxylic acids is 2. The van der Waals surface area contributed by atoms with Crippen molar-refractivity contribution in [3.05, 3.63) is 82.5 Å². The van der Waals surface area contributed by atoms with Crippen LogP contribution in [0.4, 0.5) is 4.79 Å². The summed E-state index contributed by atoms with van der Waals surface area (Å²) in [5.74, 6) is -0.260. The Morgan fingerprint density at radius 2 is 1.65 bits per heavy atom. The molecule has 6 heteroatoms. The Labute approximate surface area is 186 Å². The molecular weight excluding hydrogens is 408 g/mol. The van der Waals surface area contributed by atoms with E-state index in [0.29, 0.717) is 11.5 Å². The van der Waals surface area contributed by atoms with E-state index in [9.17, 15) is 9.59 Å². The third-order valence-electron chi connectivity index (χ3n) is 5.38. The number of nitrogens with zero attached hydrogens (tertiary/aromatic N) is 2. The lowest BCUT2D eigenvalue weighted by Gasteiger charge is -2.11. The van der Waals surface area contributed by atoms with E-state index in [1.165, 1.54) is 10.5 Å². The summed E-state index contributed by atoms with van der Waals surface area (Å²) in [6.07, 6.45) is 1.81. The van der Waals surface area contributed by atoms with Gasteiger partial charge in [-0.3, -0.25) is 14.5 Å². The van der Waals surface area contributed by atoms with Crippen molar-refractivity contribution >= 4 is 29.0 Å². The number of amides is 2. The maximum absolute atomic E-state index is 12.6. The van der Waals surface area contributed by atoms with Crippen molar-refractivity contribution in [3.63, 3.8) is 0 Å². The summed E-state index contributed by atoms with van der Waals surface area (Å²) in [6, 6.07) is 20.8. The van der Waals surface area contributed by atoms with Crippen molar-refractivity contribution in [2.24, 2.45) is 0 Å². The normalized spacial score (nSPS) is 15.3. The molecule has 0 atom stereocenters. The van der Waals surface area contributed by atoms with Crippen LogP contribution >= 0.6 is 11.8 Å². The predicted molar refractivity (Wildman–Crippen MR) is 125 cm³/mol. The molecule has 0 bridgehead atoms. The smallest absolute Gasteiger partial charge is 0.293 e. The van der Waals surface area contributed by atoms with Crippen molar-refractivity contribution in [2.75, 3.05) is 20.3 Å². The van der Waals surface area contributed by atoms with Crippen LogP contribution < -0.4 is 0 Å². The number of hydrogen-bond donors (Lipinski definition) is 0. The van der Waals surface area contributed by atoms with Gasteiger partial charge in [0, 0.05) is 24.2 Å². The van der Waals surface area contributed by atoms with Crippen molar-refractivity contribution in [1.82, 2.24) is 9.47 Å². The molecule has 2 heterocycles. The quantitative estimate of drug-likeness (QED) is 0.487. The first kappa shape index (κ1) is 21.2. The lowest BCUT2D eigenvalue weighted by Crippen LogP contribution is -2.31. The minimum Gasteiger partial charge on any atom is -0.383 e. The molecule has 0 unspecified atom stereocenters. The molecule has 0 saturated carbocycles. The van der Waals surface area contributed by atoms with E-state index in [1.807, 2.05) is 44.2 Å². The highest BCUT2D eigenvalue weighted by Crippen LogP contribution is 2.33. The molecule has 1 aromatic heterocycles. The van der Waals surface area contributed by atoms with Gasteiger partial charge in [0.1, 0.15) is 0 Å². The number of aryl methyl sites for hydroxylation is 1. The van der Waals surface area contributed by atoms with E-state index in [4.69, 9.17) is 4.74 Å². The van der Waals surface area contributed by atoms with Crippen LogP contribution in [0.25, 0.3) is 22.9 Å². The van der Waals surface area contributed by atoms with Crippen LogP contribution in [0.15, 0.2) is 65.6 Å². The fraction of sp³-hybridized carbons (Fsp3) is 0.200. The predicted octanol–water partition coefficient (Wildman–Crippen LogP) is 5.44. The highest BCUT2D eigenvalue weighted by molar-refractivity contribution is 8.18. The Morgan fingerprint density at radius 3 is 2.32 bits per heavy atom. The van der Waals surface area contributed by atoms with Gasteiger partial charge in [0.25, 0.3) is 11.1 Å². The zero-order valence-electron chi connectivity index (χ0n) is 17.8. The van der Waals surface area contributed by atoms with Crippen molar-refractivity contribution in [3.8, 4) is 16.8 Å². The number of rotatable bonds is 6. The van der Waals surface area contributed by atoms with Crippen LogP contribution in [0.5, 0.6) is 0 Å². The zero-order chi connectivity index (χ0) is 22.0. The third kappa shape index (κ3) is 4.22. The summed E-state index contributed by atoms with van der Waals surface area (Å²) in [4.78, 5) is 26.5. The summed E-state index contributed by atoms with van der Waals surface area (Å²) in [7, 11) is 1.55. The second-order valence-corrected chi connectivity index (χ2v) is 8.39. The highest BCUT2D eigenvalue weighted by Gasteiger charge is 2.34. The van der Waals surface area contributed by atoms with Crippen LogP contribution in [-0.4, -0.2) is 40.9 Å². The number of methoxy groups -OCH3 is 1. The average Bonchev–Trinajstić information content (AvgIpc) is 3.21. The molecule has 158 valence electrons. The molecule has 1 fully saturated rings. The van der Waals surface area contributed by atoms with Crippen molar-refractivity contribution in [2.45, 2.75) is 13.8 Å². The molecule has 1 saturated heterocycles. The summed E-state index contributed by atoms with van der Waals surface area (Å²) < 4.78 is 7.16. The van der Waals surface area contributed by atoms with E-state index in [2.05, 4.69) is 41.0 Å². The molecular formula is C25H24N2O3S. The molecule has 0 N–H and O–H groups in total. The van der Waals surface area contributed by atoms with E-state index in [1.54, 1.807) is 7.11 Å². The fourth-order valence-corrected chi connectivity index (χ4v) is 4.64. The van der Waals surface area contributed by atoms with E-state index < -0.39 is 0 Å². The van der Waals surface area contributed by atoms with E-state index >= 15 is 0 Å². The van der Waals surface area contributed by atoms with Crippen molar-refractivity contribution in [1.29, 1.82) is 0 Å². The largest absolute Gasteiger partial charge is 0.383 e. The van der Waals surface area contributed by atoms with Gasteiger partial charge < -0.3 is 9.30 Å². The molecule has 3 aromatic rings. The number of thioether (sulfide) groups is 1. The number of imide groups is 1. The zero-order valence-corrected chi connectivity index (χ0v) is 18.6. The van der Waals surface area contributed by atoms with Gasteiger partial charge in [0.05, 0.1) is 18.1 Å². The van der Waals surface area contributed by atoms with Gasteiger partial charge in [0.2, 0.25) is 0 Å². The second-order valence-electron chi connectivity index (χ2n) is 7.40. The van der Waals surface area contributed by atoms with Gasteiger partial charge in [-0.25, -0.2) is 0 Å². The molecule has 2 amide bonds. The Balaban J connectivity index is 1.62. The van der Waals surface area contributed by atoms with Gasteiger partial charge in [-0.1, -0.05) is 42.5 Å². The highest BCUT2D eigenvalue weighted by atomic mass is 32.2. The summed E-state index contributed by atoms with van der Waals surface area (Å²) in [5, 5.41) is -0.251. The molecule has 5 nitrogen and oxygen atoms in total. The number of aromatic nitrogens is 1.